The summed E-state index contributed by atoms with van der Waals surface area (Å²) in [5.74, 6) is 0.00156. The number of alkyl halides is 3. The molecule has 0 bridgehead atoms. The first-order valence-corrected chi connectivity index (χ1v) is 7.03. The van der Waals surface area contributed by atoms with E-state index >= 15 is 0 Å². The van der Waals surface area contributed by atoms with E-state index in [0.29, 0.717) is 6.42 Å². The molecule has 1 atom stereocenters. The molecule has 1 aromatic rings. The third-order valence-corrected chi connectivity index (χ3v) is 3.88. The van der Waals surface area contributed by atoms with Crippen molar-refractivity contribution in [1.82, 2.24) is 5.32 Å². The van der Waals surface area contributed by atoms with E-state index in [1.807, 2.05) is 0 Å². The van der Waals surface area contributed by atoms with Gasteiger partial charge in [-0.2, -0.15) is 13.2 Å². The van der Waals surface area contributed by atoms with Crippen molar-refractivity contribution in [3.8, 4) is 0 Å². The van der Waals surface area contributed by atoms with Crippen LogP contribution in [-0.2, 0) is 11.0 Å². The molecule has 1 amide bonds. The van der Waals surface area contributed by atoms with Gasteiger partial charge in [0.2, 0.25) is 5.91 Å². The molecule has 0 aliphatic carbocycles. The second-order valence-corrected chi connectivity index (χ2v) is 5.66. The summed E-state index contributed by atoms with van der Waals surface area (Å²) < 4.78 is 38.2. The second-order valence-electron chi connectivity index (χ2n) is 4.80. The third kappa shape index (κ3) is 5.16. The molecule has 1 saturated heterocycles. The van der Waals surface area contributed by atoms with Crippen LogP contribution in [0, 0.1) is 5.92 Å². The molecule has 8 heteroatoms. The molecule has 3 nitrogen and oxygen atoms in total. The summed E-state index contributed by atoms with van der Waals surface area (Å²) in [7, 11) is 0. The van der Waals surface area contributed by atoms with Crippen LogP contribution in [0.25, 0.3) is 0 Å². The van der Waals surface area contributed by atoms with Gasteiger partial charge in [-0.1, -0.05) is 15.9 Å². The molecule has 1 unspecified atom stereocenters. The zero-order valence-corrected chi connectivity index (χ0v) is 13.4. The molecule has 0 radical (unpaired) electrons. The van der Waals surface area contributed by atoms with Gasteiger partial charge in [-0.25, -0.2) is 0 Å². The smallest absolute Gasteiger partial charge is 0.326 e. The average molecular weight is 388 g/mol. The lowest BCUT2D eigenvalue weighted by Crippen LogP contribution is -2.18. The fourth-order valence-corrected chi connectivity index (χ4v) is 2.65. The van der Waals surface area contributed by atoms with E-state index in [0.717, 1.165) is 25.6 Å². The van der Waals surface area contributed by atoms with Crippen LogP contribution in [0.2, 0.25) is 0 Å². The molecule has 1 aromatic carbocycles. The van der Waals surface area contributed by atoms with Crippen LogP contribution in [0.5, 0.6) is 0 Å². The Labute approximate surface area is 135 Å². The quantitative estimate of drug-likeness (QED) is 0.828. The van der Waals surface area contributed by atoms with E-state index in [2.05, 4.69) is 26.6 Å². The van der Waals surface area contributed by atoms with Crippen molar-refractivity contribution in [1.29, 1.82) is 0 Å². The number of carbonyl (C=O) groups excluding carboxylic acids is 1. The van der Waals surface area contributed by atoms with Crippen LogP contribution in [0.4, 0.5) is 18.9 Å². The van der Waals surface area contributed by atoms with Gasteiger partial charge < -0.3 is 10.6 Å². The Morgan fingerprint density at radius 2 is 2.14 bits per heavy atom. The monoisotopic (exact) mass is 386 g/mol. The van der Waals surface area contributed by atoms with E-state index in [9.17, 15) is 18.0 Å². The standard InChI is InChI=1S/C13H14BrF3N2O.ClH/c14-11-2-1-9(6-10(11)13(15,16)17)19-12(20)5-8-3-4-18-7-8;/h1-2,6,8,18H,3-5,7H2,(H,19,20);1H. The number of carbonyl (C=O) groups is 1. The van der Waals surface area contributed by atoms with E-state index in [1.165, 1.54) is 12.1 Å². The molecule has 1 aliphatic heterocycles. The maximum absolute atomic E-state index is 12.7. The van der Waals surface area contributed by atoms with Crippen molar-refractivity contribution in [2.24, 2.45) is 5.92 Å². The van der Waals surface area contributed by atoms with Crippen LogP contribution >= 0.6 is 28.3 Å². The minimum absolute atomic E-state index is 0. The molecule has 118 valence electrons. The Morgan fingerprint density at radius 3 is 2.71 bits per heavy atom. The first-order chi connectivity index (χ1) is 9.36. The highest BCUT2D eigenvalue weighted by Crippen LogP contribution is 2.36. The first kappa shape index (κ1) is 18.3. The first-order valence-electron chi connectivity index (χ1n) is 6.23. The Morgan fingerprint density at radius 1 is 1.43 bits per heavy atom. The summed E-state index contributed by atoms with van der Waals surface area (Å²) in [4.78, 5) is 11.8. The number of halogens is 5. The van der Waals surface area contributed by atoms with Crippen LogP contribution < -0.4 is 10.6 Å². The summed E-state index contributed by atoms with van der Waals surface area (Å²) in [6, 6.07) is 3.68. The van der Waals surface area contributed by atoms with E-state index in [1.54, 1.807) is 0 Å². The Kier molecular flexibility index (Phi) is 6.49. The fraction of sp³-hybridized carbons (Fsp3) is 0.462. The van der Waals surface area contributed by atoms with Gasteiger partial charge in [0.05, 0.1) is 5.56 Å². The van der Waals surface area contributed by atoms with Gasteiger partial charge in [-0.15, -0.1) is 12.4 Å². The van der Waals surface area contributed by atoms with Gasteiger partial charge in [0, 0.05) is 16.6 Å². The average Bonchev–Trinajstić information content (AvgIpc) is 2.83. The van der Waals surface area contributed by atoms with Crippen molar-refractivity contribution < 1.29 is 18.0 Å². The highest BCUT2D eigenvalue weighted by Gasteiger charge is 2.33. The van der Waals surface area contributed by atoms with Gasteiger partial charge in [0.25, 0.3) is 0 Å². The van der Waals surface area contributed by atoms with E-state index in [-0.39, 0.29) is 34.4 Å². The lowest BCUT2D eigenvalue weighted by atomic mass is 10.0. The number of rotatable bonds is 3. The van der Waals surface area contributed by atoms with Crippen molar-refractivity contribution in [2.45, 2.75) is 19.0 Å². The molecule has 0 saturated carbocycles. The van der Waals surface area contributed by atoms with Gasteiger partial charge in [-0.3, -0.25) is 4.79 Å². The summed E-state index contributed by atoms with van der Waals surface area (Å²) in [6.07, 6.45) is -3.21. The van der Waals surface area contributed by atoms with Crippen molar-refractivity contribution in [2.75, 3.05) is 18.4 Å². The van der Waals surface area contributed by atoms with Crippen molar-refractivity contribution in [3.05, 3.63) is 28.2 Å². The zero-order chi connectivity index (χ0) is 14.8. The number of anilines is 1. The number of hydrogen-bond donors (Lipinski definition) is 2. The predicted octanol–water partition coefficient (Wildman–Crippen LogP) is 3.83. The van der Waals surface area contributed by atoms with Gasteiger partial charge in [0.15, 0.2) is 0 Å². The molecule has 1 aliphatic rings. The highest BCUT2D eigenvalue weighted by molar-refractivity contribution is 9.10. The van der Waals surface area contributed by atoms with Crippen molar-refractivity contribution >= 4 is 39.9 Å². The minimum Gasteiger partial charge on any atom is -0.326 e. The molecule has 0 spiro atoms. The number of nitrogens with one attached hydrogen (secondary N) is 2. The van der Waals surface area contributed by atoms with Gasteiger partial charge in [0.1, 0.15) is 0 Å². The summed E-state index contributed by atoms with van der Waals surface area (Å²) in [5.41, 5.74) is -0.630. The van der Waals surface area contributed by atoms with E-state index < -0.39 is 11.7 Å². The van der Waals surface area contributed by atoms with Gasteiger partial charge >= 0.3 is 6.18 Å². The molecule has 21 heavy (non-hydrogen) atoms. The lowest BCUT2D eigenvalue weighted by molar-refractivity contribution is -0.138. The molecular weight excluding hydrogens is 373 g/mol. The number of benzene rings is 1. The number of amides is 1. The Balaban J connectivity index is 0.00000220. The van der Waals surface area contributed by atoms with Crippen LogP contribution in [-0.4, -0.2) is 19.0 Å². The van der Waals surface area contributed by atoms with Crippen LogP contribution in [0.1, 0.15) is 18.4 Å². The second kappa shape index (κ2) is 7.47. The third-order valence-electron chi connectivity index (χ3n) is 3.19. The summed E-state index contributed by atoms with van der Waals surface area (Å²) in [6.45, 7) is 1.66. The zero-order valence-electron chi connectivity index (χ0n) is 11.0. The molecule has 0 aromatic heterocycles. The Bertz CT molecular complexity index is 505. The molecule has 1 fully saturated rings. The lowest BCUT2D eigenvalue weighted by Gasteiger charge is -2.13. The summed E-state index contributed by atoms with van der Waals surface area (Å²) >= 11 is 2.86. The fourth-order valence-electron chi connectivity index (χ4n) is 2.18. The van der Waals surface area contributed by atoms with Crippen LogP contribution in [0.3, 0.4) is 0 Å². The molecule has 2 N–H and O–H groups in total. The maximum atomic E-state index is 12.7. The SMILES string of the molecule is Cl.O=C(CC1CCNC1)Nc1ccc(Br)c(C(F)(F)F)c1. The van der Waals surface area contributed by atoms with Gasteiger partial charge in [-0.05, 0) is 43.6 Å². The highest BCUT2D eigenvalue weighted by atomic mass is 79.9. The number of hydrogen-bond acceptors (Lipinski definition) is 2. The molecule has 2 rings (SSSR count). The molecular formula is C13H15BrClF3N2O. The molecule has 1 heterocycles. The topological polar surface area (TPSA) is 41.1 Å². The predicted molar refractivity (Wildman–Crippen MR) is 80.6 cm³/mol. The van der Waals surface area contributed by atoms with Crippen LogP contribution in [0.15, 0.2) is 22.7 Å². The Hall–Kier alpha value is -0.790. The normalized spacial score (nSPS) is 18.2. The van der Waals surface area contributed by atoms with E-state index in [4.69, 9.17) is 0 Å². The maximum Gasteiger partial charge on any atom is 0.417 e. The van der Waals surface area contributed by atoms with Crippen molar-refractivity contribution in [3.63, 3.8) is 0 Å². The summed E-state index contributed by atoms with van der Waals surface area (Å²) in [5, 5.41) is 5.66. The minimum atomic E-state index is -4.45. The largest absolute Gasteiger partial charge is 0.417 e.